The highest BCUT2D eigenvalue weighted by atomic mass is 32.2. The molecule has 1 aliphatic carbocycles. The van der Waals surface area contributed by atoms with Crippen LogP contribution in [0.1, 0.15) is 32.6 Å². The molecule has 1 fully saturated rings. The van der Waals surface area contributed by atoms with E-state index in [1.165, 1.54) is 25.4 Å². The summed E-state index contributed by atoms with van der Waals surface area (Å²) in [4.78, 5) is 15.8. The number of nitrogens with zero attached hydrogens (tertiary/aromatic N) is 1. The smallest absolute Gasteiger partial charge is 0.238 e. The molecule has 3 N–H and O–H groups in total. The number of carbonyl (C=O) groups is 1. The molecule has 0 bridgehead atoms. The van der Waals surface area contributed by atoms with Crippen molar-refractivity contribution in [1.29, 1.82) is 0 Å². The molecule has 0 saturated heterocycles. The van der Waals surface area contributed by atoms with E-state index < -0.39 is 21.0 Å². The number of carbonyl (C=O) groups excluding carboxylic acids is 1. The Morgan fingerprint density at radius 1 is 1.45 bits per heavy atom. The molecule has 0 radical (unpaired) electrons. The first kappa shape index (κ1) is 14.8. The van der Waals surface area contributed by atoms with Gasteiger partial charge in [0.15, 0.2) is 9.84 Å². The van der Waals surface area contributed by atoms with Crippen LogP contribution >= 0.6 is 0 Å². The van der Waals surface area contributed by atoms with Crippen molar-refractivity contribution in [2.24, 2.45) is 0 Å². The zero-order valence-corrected chi connectivity index (χ0v) is 12.2. The number of aromatic nitrogens is 1. The van der Waals surface area contributed by atoms with Crippen LogP contribution < -0.4 is 11.1 Å². The molecule has 1 heterocycles. The number of nitrogens with two attached hydrogens (primary N) is 1. The average Bonchev–Trinajstić information content (AvgIpc) is 2.90. The molecule has 20 heavy (non-hydrogen) atoms. The fraction of sp³-hybridized carbons (Fsp3) is 0.538. The average molecular weight is 297 g/mol. The van der Waals surface area contributed by atoms with Crippen molar-refractivity contribution in [2.45, 2.75) is 48.8 Å². The molecular weight excluding hydrogens is 278 g/mol. The van der Waals surface area contributed by atoms with Crippen LogP contribution in [-0.4, -0.2) is 30.6 Å². The monoisotopic (exact) mass is 297 g/mol. The molecule has 1 aromatic rings. The summed E-state index contributed by atoms with van der Waals surface area (Å²) < 4.78 is 24.8. The largest absolute Gasteiger partial charge is 0.396 e. The van der Waals surface area contributed by atoms with Crippen molar-refractivity contribution < 1.29 is 13.2 Å². The van der Waals surface area contributed by atoms with Crippen LogP contribution in [0.2, 0.25) is 0 Å². The van der Waals surface area contributed by atoms with E-state index in [2.05, 4.69) is 10.3 Å². The lowest BCUT2D eigenvalue weighted by atomic mass is 10.2. The van der Waals surface area contributed by atoms with E-state index >= 15 is 0 Å². The van der Waals surface area contributed by atoms with Crippen molar-refractivity contribution in [3.05, 3.63) is 18.5 Å². The first-order valence-corrected chi connectivity index (χ1v) is 8.21. The summed E-state index contributed by atoms with van der Waals surface area (Å²) in [5.74, 6) is -0.465. The first-order chi connectivity index (χ1) is 9.43. The van der Waals surface area contributed by atoms with Crippen LogP contribution in [0.3, 0.4) is 0 Å². The summed E-state index contributed by atoms with van der Waals surface area (Å²) in [6.07, 6.45) is 6.60. The lowest BCUT2D eigenvalue weighted by Gasteiger charge is -2.17. The highest BCUT2D eigenvalue weighted by molar-refractivity contribution is 7.93. The summed E-state index contributed by atoms with van der Waals surface area (Å²) in [6.45, 7) is 1.39. The van der Waals surface area contributed by atoms with Gasteiger partial charge in [-0.15, -0.1) is 0 Å². The second kappa shape index (κ2) is 5.78. The Hall–Kier alpha value is -1.63. The number of sulfone groups is 1. The Kier molecular flexibility index (Phi) is 4.27. The van der Waals surface area contributed by atoms with Gasteiger partial charge in [-0.2, -0.15) is 0 Å². The van der Waals surface area contributed by atoms with Gasteiger partial charge in [0.1, 0.15) is 5.25 Å². The Morgan fingerprint density at radius 2 is 2.10 bits per heavy atom. The zero-order valence-electron chi connectivity index (χ0n) is 11.4. The summed E-state index contributed by atoms with van der Waals surface area (Å²) in [5, 5.41) is 1.64. The second-order valence-electron chi connectivity index (χ2n) is 5.09. The minimum atomic E-state index is -3.79. The van der Waals surface area contributed by atoms with E-state index in [0.717, 1.165) is 25.7 Å². The van der Waals surface area contributed by atoms with Crippen LogP contribution in [0.4, 0.5) is 5.69 Å². The maximum Gasteiger partial charge on any atom is 0.238 e. The molecule has 1 saturated carbocycles. The Morgan fingerprint density at radius 3 is 2.70 bits per heavy atom. The van der Waals surface area contributed by atoms with Gasteiger partial charge in [0, 0.05) is 12.2 Å². The van der Waals surface area contributed by atoms with E-state index in [4.69, 9.17) is 5.73 Å². The van der Waals surface area contributed by atoms with Gasteiger partial charge in [-0.3, -0.25) is 9.78 Å². The van der Waals surface area contributed by atoms with Gasteiger partial charge >= 0.3 is 0 Å². The standard InChI is InChI=1S/C13H19N3O3S/c1-9(13(17)16-10-4-2-3-5-10)20(18,19)12-6-7-15-8-11(12)14/h6-10H,2-5,14H2,1H3,(H,16,17). The number of nitrogens with one attached hydrogen (secondary N) is 1. The van der Waals surface area contributed by atoms with E-state index in [9.17, 15) is 13.2 Å². The topological polar surface area (TPSA) is 102 Å². The predicted octanol–water partition coefficient (Wildman–Crippen LogP) is 0.885. The van der Waals surface area contributed by atoms with Crippen molar-refractivity contribution in [3.8, 4) is 0 Å². The first-order valence-electron chi connectivity index (χ1n) is 6.66. The van der Waals surface area contributed by atoms with Gasteiger partial charge in [-0.1, -0.05) is 12.8 Å². The molecule has 1 aromatic heterocycles. The molecule has 6 nitrogen and oxygen atoms in total. The summed E-state index contributed by atoms with van der Waals surface area (Å²) in [6, 6.07) is 1.42. The molecule has 0 spiro atoms. The van der Waals surface area contributed by atoms with Gasteiger partial charge < -0.3 is 11.1 Å². The van der Waals surface area contributed by atoms with Crippen molar-refractivity contribution >= 4 is 21.4 Å². The minimum Gasteiger partial charge on any atom is -0.396 e. The maximum atomic E-state index is 12.4. The minimum absolute atomic E-state index is 0.0402. The normalized spacial score (nSPS) is 17.9. The molecule has 110 valence electrons. The van der Waals surface area contributed by atoms with Crippen molar-refractivity contribution in [3.63, 3.8) is 0 Å². The Labute approximate surface area is 118 Å². The number of hydrogen-bond acceptors (Lipinski definition) is 5. The third-order valence-corrected chi connectivity index (χ3v) is 5.78. The van der Waals surface area contributed by atoms with Crippen LogP contribution in [0, 0.1) is 0 Å². The molecule has 2 rings (SSSR count). The zero-order chi connectivity index (χ0) is 14.8. The Bertz CT molecular complexity index is 595. The second-order valence-corrected chi connectivity index (χ2v) is 7.33. The molecule has 0 aliphatic heterocycles. The molecule has 1 atom stereocenters. The van der Waals surface area contributed by atoms with Crippen LogP contribution in [0.15, 0.2) is 23.4 Å². The lowest BCUT2D eigenvalue weighted by molar-refractivity contribution is -0.121. The van der Waals surface area contributed by atoms with Crippen LogP contribution in [0.5, 0.6) is 0 Å². The number of nitrogen functional groups attached to an aromatic ring is 1. The maximum absolute atomic E-state index is 12.4. The van der Waals surface area contributed by atoms with Crippen LogP contribution in [-0.2, 0) is 14.6 Å². The molecule has 0 aromatic carbocycles. The van der Waals surface area contributed by atoms with Gasteiger partial charge in [-0.25, -0.2) is 8.42 Å². The van der Waals surface area contributed by atoms with Crippen LogP contribution in [0.25, 0.3) is 0 Å². The number of anilines is 1. The van der Waals surface area contributed by atoms with E-state index in [1.807, 2.05) is 0 Å². The highest BCUT2D eigenvalue weighted by Crippen LogP contribution is 2.23. The third-order valence-electron chi connectivity index (χ3n) is 3.65. The number of hydrogen-bond donors (Lipinski definition) is 2. The summed E-state index contributed by atoms with van der Waals surface area (Å²) in [5.41, 5.74) is 5.70. The van der Waals surface area contributed by atoms with E-state index in [0.29, 0.717) is 0 Å². The van der Waals surface area contributed by atoms with Crippen molar-refractivity contribution in [2.75, 3.05) is 5.73 Å². The number of rotatable bonds is 4. The van der Waals surface area contributed by atoms with E-state index in [1.54, 1.807) is 0 Å². The van der Waals surface area contributed by atoms with Gasteiger partial charge in [0.05, 0.1) is 16.8 Å². The SMILES string of the molecule is CC(C(=O)NC1CCCC1)S(=O)(=O)c1ccncc1N. The molecule has 7 heteroatoms. The number of pyridine rings is 1. The van der Waals surface area contributed by atoms with Gasteiger partial charge in [0.2, 0.25) is 5.91 Å². The van der Waals surface area contributed by atoms with Gasteiger partial charge in [-0.05, 0) is 25.8 Å². The molecular formula is C13H19N3O3S. The Balaban J connectivity index is 2.16. The van der Waals surface area contributed by atoms with Crippen molar-refractivity contribution in [1.82, 2.24) is 10.3 Å². The molecule has 1 amide bonds. The quantitative estimate of drug-likeness (QED) is 0.859. The summed E-state index contributed by atoms with van der Waals surface area (Å²) in [7, 11) is -3.79. The third kappa shape index (κ3) is 2.92. The predicted molar refractivity (Wildman–Crippen MR) is 75.7 cm³/mol. The lowest BCUT2D eigenvalue weighted by Crippen LogP contribution is -2.42. The highest BCUT2D eigenvalue weighted by Gasteiger charge is 2.32. The number of amides is 1. The summed E-state index contributed by atoms with van der Waals surface area (Å²) >= 11 is 0. The van der Waals surface area contributed by atoms with Gasteiger partial charge in [0.25, 0.3) is 0 Å². The fourth-order valence-corrected chi connectivity index (χ4v) is 3.74. The molecule has 1 aliphatic rings. The molecule has 1 unspecified atom stereocenters. The fourth-order valence-electron chi connectivity index (χ4n) is 2.37. The van der Waals surface area contributed by atoms with E-state index in [-0.39, 0.29) is 16.6 Å².